The molecule has 0 aliphatic heterocycles. The van der Waals surface area contributed by atoms with Gasteiger partial charge in [-0.3, -0.25) is 4.90 Å². The fourth-order valence-electron chi connectivity index (χ4n) is 2.35. The first-order valence-corrected chi connectivity index (χ1v) is 7.24. The van der Waals surface area contributed by atoms with Crippen LogP contribution in [0.1, 0.15) is 37.4 Å². The Morgan fingerprint density at radius 2 is 2.10 bits per heavy atom. The zero-order valence-corrected chi connectivity index (χ0v) is 13.0. The lowest BCUT2D eigenvalue weighted by molar-refractivity contribution is 0.101. The minimum atomic E-state index is -0.182. The highest BCUT2D eigenvalue weighted by Gasteiger charge is 2.14. The number of aryl methyl sites for hydroxylation is 1. The summed E-state index contributed by atoms with van der Waals surface area (Å²) < 4.78 is 18.7. The third-order valence-corrected chi connectivity index (χ3v) is 3.79. The van der Waals surface area contributed by atoms with E-state index in [0.717, 1.165) is 25.1 Å². The highest BCUT2D eigenvalue weighted by Crippen LogP contribution is 2.18. The highest BCUT2D eigenvalue weighted by molar-refractivity contribution is 5.25. The van der Waals surface area contributed by atoms with E-state index in [2.05, 4.69) is 18.7 Å². The van der Waals surface area contributed by atoms with E-state index < -0.39 is 0 Å². The van der Waals surface area contributed by atoms with Gasteiger partial charge < -0.3 is 10.5 Å². The quantitative estimate of drug-likeness (QED) is 0.797. The van der Waals surface area contributed by atoms with Gasteiger partial charge in [-0.2, -0.15) is 0 Å². The zero-order valence-electron chi connectivity index (χ0n) is 13.0. The summed E-state index contributed by atoms with van der Waals surface area (Å²) in [4.78, 5) is 2.33. The molecule has 0 heterocycles. The predicted octanol–water partition coefficient (Wildman–Crippen LogP) is 2.88. The smallest absolute Gasteiger partial charge is 0.126 e. The summed E-state index contributed by atoms with van der Waals surface area (Å²) in [5.74, 6) is -0.182. The lowest BCUT2D eigenvalue weighted by Crippen LogP contribution is -2.37. The zero-order chi connectivity index (χ0) is 15.1. The van der Waals surface area contributed by atoms with Crippen LogP contribution in [-0.2, 0) is 4.74 Å². The van der Waals surface area contributed by atoms with Crippen molar-refractivity contribution in [1.29, 1.82) is 0 Å². The molecule has 2 N–H and O–H groups in total. The number of hydrogen-bond acceptors (Lipinski definition) is 3. The van der Waals surface area contributed by atoms with Crippen LogP contribution in [0.25, 0.3) is 0 Å². The Bertz CT molecular complexity index is 411. The summed E-state index contributed by atoms with van der Waals surface area (Å²) in [5, 5.41) is 0. The Hall–Kier alpha value is -0.970. The van der Waals surface area contributed by atoms with Crippen molar-refractivity contribution in [2.24, 2.45) is 5.73 Å². The molecule has 0 radical (unpaired) electrons. The largest absolute Gasteiger partial charge is 0.383 e. The molecule has 0 amide bonds. The van der Waals surface area contributed by atoms with Crippen molar-refractivity contribution in [2.45, 2.75) is 39.3 Å². The van der Waals surface area contributed by atoms with Gasteiger partial charge in [-0.1, -0.05) is 19.1 Å². The Balaban J connectivity index is 2.56. The van der Waals surface area contributed by atoms with E-state index in [4.69, 9.17) is 10.5 Å². The van der Waals surface area contributed by atoms with E-state index in [9.17, 15) is 4.39 Å². The van der Waals surface area contributed by atoms with Crippen molar-refractivity contribution in [1.82, 2.24) is 4.90 Å². The number of nitrogens with two attached hydrogens (primary N) is 1. The first-order chi connectivity index (χ1) is 9.49. The second-order valence-electron chi connectivity index (χ2n) is 5.34. The minimum Gasteiger partial charge on any atom is -0.383 e. The van der Waals surface area contributed by atoms with Crippen LogP contribution < -0.4 is 5.73 Å². The first kappa shape index (κ1) is 17.1. The monoisotopic (exact) mass is 282 g/mol. The highest BCUT2D eigenvalue weighted by atomic mass is 19.1. The summed E-state index contributed by atoms with van der Waals surface area (Å²) in [7, 11) is 1.71. The maximum absolute atomic E-state index is 13.6. The molecule has 0 spiro atoms. The summed E-state index contributed by atoms with van der Waals surface area (Å²) in [6.45, 7) is 8.59. The van der Waals surface area contributed by atoms with Gasteiger partial charge >= 0.3 is 0 Å². The molecule has 1 aromatic rings. The summed E-state index contributed by atoms with van der Waals surface area (Å²) in [5.41, 5.74) is 7.69. The van der Waals surface area contributed by atoms with Gasteiger partial charge in [-0.05, 0) is 44.0 Å². The van der Waals surface area contributed by atoms with Crippen LogP contribution in [0.15, 0.2) is 18.2 Å². The molecule has 4 heteroatoms. The topological polar surface area (TPSA) is 38.5 Å². The average Bonchev–Trinajstić information content (AvgIpc) is 2.42. The van der Waals surface area contributed by atoms with Gasteiger partial charge in [0.15, 0.2) is 0 Å². The molecular weight excluding hydrogens is 255 g/mol. The van der Waals surface area contributed by atoms with Crippen molar-refractivity contribution in [3.63, 3.8) is 0 Å². The number of halogens is 1. The molecule has 3 nitrogen and oxygen atoms in total. The van der Waals surface area contributed by atoms with Crippen LogP contribution in [0.2, 0.25) is 0 Å². The standard InChI is InChI=1S/C16H27FN2O/c1-5-19(13(3)11-20-4)9-8-16(18)14-7-6-12(2)15(17)10-14/h6-7,10,13,16H,5,8-9,11,18H2,1-4H3. The van der Waals surface area contributed by atoms with Gasteiger partial charge in [0.25, 0.3) is 0 Å². The van der Waals surface area contributed by atoms with Crippen LogP contribution in [0, 0.1) is 12.7 Å². The van der Waals surface area contributed by atoms with Crippen LogP contribution in [-0.4, -0.2) is 37.7 Å². The van der Waals surface area contributed by atoms with Gasteiger partial charge in [-0.15, -0.1) is 0 Å². The van der Waals surface area contributed by atoms with Crippen molar-refractivity contribution >= 4 is 0 Å². The minimum absolute atomic E-state index is 0.131. The number of methoxy groups -OCH3 is 1. The van der Waals surface area contributed by atoms with Crippen LogP contribution in [0.5, 0.6) is 0 Å². The molecule has 0 bridgehead atoms. The van der Waals surface area contributed by atoms with E-state index in [1.807, 2.05) is 6.07 Å². The maximum Gasteiger partial charge on any atom is 0.126 e. The average molecular weight is 282 g/mol. The van der Waals surface area contributed by atoms with E-state index >= 15 is 0 Å². The molecule has 2 atom stereocenters. The molecule has 0 aliphatic carbocycles. The third-order valence-electron chi connectivity index (χ3n) is 3.79. The molecule has 0 saturated heterocycles. The lowest BCUT2D eigenvalue weighted by atomic mass is 10.0. The van der Waals surface area contributed by atoms with Crippen molar-refractivity contribution in [3.05, 3.63) is 35.1 Å². The summed E-state index contributed by atoms with van der Waals surface area (Å²) in [6, 6.07) is 5.49. The SMILES string of the molecule is CCN(CCC(N)c1ccc(C)c(F)c1)C(C)COC. The third kappa shape index (κ3) is 4.85. The van der Waals surface area contributed by atoms with E-state index in [-0.39, 0.29) is 11.9 Å². The van der Waals surface area contributed by atoms with Gasteiger partial charge in [0.1, 0.15) is 5.82 Å². The van der Waals surface area contributed by atoms with Crippen LogP contribution in [0.3, 0.4) is 0 Å². The maximum atomic E-state index is 13.6. The van der Waals surface area contributed by atoms with Gasteiger partial charge in [0.05, 0.1) is 6.61 Å². The number of benzene rings is 1. The second kappa shape index (κ2) is 8.35. The second-order valence-corrected chi connectivity index (χ2v) is 5.34. The molecule has 0 fully saturated rings. The lowest BCUT2D eigenvalue weighted by Gasteiger charge is -2.28. The molecular formula is C16H27FN2O. The number of nitrogens with zero attached hydrogens (tertiary/aromatic N) is 1. The number of rotatable bonds is 8. The molecule has 1 aromatic carbocycles. The summed E-state index contributed by atoms with van der Waals surface area (Å²) >= 11 is 0. The molecule has 0 aromatic heterocycles. The van der Waals surface area contributed by atoms with Crippen molar-refractivity contribution < 1.29 is 9.13 Å². The van der Waals surface area contributed by atoms with Crippen molar-refractivity contribution in [2.75, 3.05) is 26.8 Å². The van der Waals surface area contributed by atoms with Crippen molar-refractivity contribution in [3.8, 4) is 0 Å². The normalized spacial score (nSPS) is 14.6. The molecule has 0 saturated carbocycles. The fraction of sp³-hybridized carbons (Fsp3) is 0.625. The molecule has 20 heavy (non-hydrogen) atoms. The Kier molecular flexibility index (Phi) is 7.13. The van der Waals surface area contributed by atoms with Gasteiger partial charge in [0, 0.05) is 25.7 Å². The molecule has 0 aliphatic rings. The van der Waals surface area contributed by atoms with E-state index in [1.54, 1.807) is 26.2 Å². The van der Waals surface area contributed by atoms with Gasteiger partial charge in [-0.25, -0.2) is 4.39 Å². The van der Waals surface area contributed by atoms with Crippen LogP contribution >= 0.6 is 0 Å². The Morgan fingerprint density at radius 1 is 1.40 bits per heavy atom. The summed E-state index contributed by atoms with van der Waals surface area (Å²) in [6.07, 6.45) is 0.810. The van der Waals surface area contributed by atoms with Crippen LogP contribution in [0.4, 0.5) is 4.39 Å². The Labute approximate surface area is 121 Å². The number of hydrogen-bond donors (Lipinski definition) is 1. The Morgan fingerprint density at radius 3 is 2.65 bits per heavy atom. The van der Waals surface area contributed by atoms with E-state index in [1.165, 1.54) is 0 Å². The molecule has 1 rings (SSSR count). The molecule has 2 unspecified atom stereocenters. The van der Waals surface area contributed by atoms with Gasteiger partial charge in [0.2, 0.25) is 0 Å². The molecule has 114 valence electrons. The number of ether oxygens (including phenoxy) is 1. The first-order valence-electron chi connectivity index (χ1n) is 7.24. The number of likely N-dealkylation sites (N-methyl/N-ethyl adjacent to an activating group) is 1. The van der Waals surface area contributed by atoms with E-state index in [0.29, 0.717) is 18.2 Å². The predicted molar refractivity (Wildman–Crippen MR) is 81.3 cm³/mol. The fourth-order valence-corrected chi connectivity index (χ4v) is 2.35.